The van der Waals surface area contributed by atoms with E-state index in [1.54, 1.807) is 0 Å². The van der Waals surface area contributed by atoms with Gasteiger partial charge in [0.1, 0.15) is 0 Å². The minimum Gasteiger partial charge on any atom is -0.396 e. The molecule has 0 amide bonds. The van der Waals surface area contributed by atoms with Gasteiger partial charge in [-0.15, -0.1) is 0 Å². The Balaban J connectivity index is 3.21. The lowest BCUT2D eigenvalue weighted by Crippen LogP contribution is -2.35. The van der Waals surface area contributed by atoms with Crippen LogP contribution in [0.2, 0.25) is 0 Å². The van der Waals surface area contributed by atoms with E-state index in [4.69, 9.17) is 10.8 Å². The summed E-state index contributed by atoms with van der Waals surface area (Å²) in [4.78, 5) is 0. The first kappa shape index (κ1) is 16.9. The van der Waals surface area contributed by atoms with Crippen molar-refractivity contribution >= 4 is 0 Å². The molecule has 17 heavy (non-hydrogen) atoms. The second kappa shape index (κ2) is 12.3. The van der Waals surface area contributed by atoms with Gasteiger partial charge >= 0.3 is 0 Å². The maximum Gasteiger partial charge on any atom is 0.0691 e. The minimum absolute atomic E-state index is 0.0651. The molecule has 3 nitrogen and oxygen atoms in total. The fourth-order valence-corrected chi connectivity index (χ4v) is 2.04. The van der Waals surface area contributed by atoms with E-state index in [-0.39, 0.29) is 12.6 Å². The Morgan fingerprint density at radius 1 is 0.882 bits per heavy atom. The highest BCUT2D eigenvalue weighted by atomic mass is 16.3. The predicted molar refractivity (Wildman–Crippen MR) is 72.9 cm³/mol. The van der Waals surface area contributed by atoms with Crippen LogP contribution in [-0.2, 0) is 0 Å². The number of nitrogens with two attached hydrogens (primary N) is 1. The van der Waals surface area contributed by atoms with Gasteiger partial charge in [-0.05, 0) is 12.8 Å². The Kier molecular flexibility index (Phi) is 12.3. The van der Waals surface area contributed by atoms with Gasteiger partial charge in [0.25, 0.3) is 0 Å². The Morgan fingerprint density at radius 2 is 1.41 bits per heavy atom. The summed E-state index contributed by atoms with van der Waals surface area (Å²) in [5, 5.41) is 18.4. The van der Waals surface area contributed by atoms with Crippen molar-refractivity contribution < 1.29 is 10.2 Å². The molecule has 0 rings (SSSR count). The summed E-state index contributed by atoms with van der Waals surface area (Å²) < 4.78 is 0. The normalized spacial score (nSPS) is 14.8. The van der Waals surface area contributed by atoms with Crippen LogP contribution in [0.4, 0.5) is 0 Å². The number of rotatable bonds is 12. The molecule has 0 heterocycles. The standard InChI is InChI=1S/C14H31NO2/c1-2-3-4-5-6-7-8-9-10-14(17)13(15)11-12-16/h13-14,16-17H,2-12,15H2,1H3. The SMILES string of the molecule is CCCCCCCCCCC(O)C(N)CCO. The zero-order valence-electron chi connectivity index (χ0n) is 11.4. The summed E-state index contributed by atoms with van der Waals surface area (Å²) in [5.74, 6) is 0. The smallest absolute Gasteiger partial charge is 0.0691 e. The molecular weight excluding hydrogens is 214 g/mol. The second-order valence-corrected chi connectivity index (χ2v) is 5.01. The summed E-state index contributed by atoms with van der Waals surface area (Å²) in [6.45, 7) is 2.30. The molecular formula is C14H31NO2. The van der Waals surface area contributed by atoms with Crippen LogP contribution in [0, 0.1) is 0 Å². The molecule has 0 aliphatic heterocycles. The number of aliphatic hydroxyl groups is 2. The molecule has 0 fully saturated rings. The maximum atomic E-state index is 9.69. The summed E-state index contributed by atoms with van der Waals surface area (Å²) in [6, 6.07) is -0.260. The third-order valence-electron chi connectivity index (χ3n) is 3.31. The van der Waals surface area contributed by atoms with Crippen molar-refractivity contribution in [2.24, 2.45) is 5.73 Å². The highest BCUT2D eigenvalue weighted by Crippen LogP contribution is 2.12. The zero-order chi connectivity index (χ0) is 12.9. The van der Waals surface area contributed by atoms with Crippen LogP contribution in [0.5, 0.6) is 0 Å². The van der Waals surface area contributed by atoms with Gasteiger partial charge in [0.05, 0.1) is 6.10 Å². The molecule has 2 atom stereocenters. The van der Waals surface area contributed by atoms with Crippen LogP contribution in [0.3, 0.4) is 0 Å². The largest absolute Gasteiger partial charge is 0.396 e. The molecule has 4 N–H and O–H groups in total. The molecule has 0 bridgehead atoms. The molecule has 0 aliphatic rings. The lowest BCUT2D eigenvalue weighted by molar-refractivity contribution is 0.116. The van der Waals surface area contributed by atoms with Crippen molar-refractivity contribution in [3.05, 3.63) is 0 Å². The summed E-state index contributed by atoms with van der Waals surface area (Å²) in [7, 11) is 0. The third-order valence-corrected chi connectivity index (χ3v) is 3.31. The Hall–Kier alpha value is -0.120. The van der Waals surface area contributed by atoms with Crippen molar-refractivity contribution in [2.45, 2.75) is 83.3 Å². The van der Waals surface area contributed by atoms with Gasteiger partial charge in [0, 0.05) is 12.6 Å². The van der Waals surface area contributed by atoms with E-state index in [1.807, 2.05) is 0 Å². The molecule has 0 radical (unpaired) electrons. The van der Waals surface area contributed by atoms with Crippen molar-refractivity contribution in [3.8, 4) is 0 Å². The fraction of sp³-hybridized carbons (Fsp3) is 1.00. The van der Waals surface area contributed by atoms with Crippen LogP contribution in [0.15, 0.2) is 0 Å². The van der Waals surface area contributed by atoms with Crippen LogP contribution >= 0.6 is 0 Å². The van der Waals surface area contributed by atoms with E-state index in [9.17, 15) is 5.11 Å². The van der Waals surface area contributed by atoms with E-state index >= 15 is 0 Å². The molecule has 2 unspecified atom stereocenters. The van der Waals surface area contributed by atoms with Gasteiger partial charge in [-0.1, -0.05) is 58.3 Å². The van der Waals surface area contributed by atoms with Gasteiger partial charge in [-0.2, -0.15) is 0 Å². The quantitative estimate of drug-likeness (QED) is 0.463. The van der Waals surface area contributed by atoms with Crippen LogP contribution in [0.25, 0.3) is 0 Å². The number of hydrogen-bond donors (Lipinski definition) is 3. The highest BCUT2D eigenvalue weighted by molar-refractivity contribution is 4.71. The van der Waals surface area contributed by atoms with Crippen molar-refractivity contribution in [1.29, 1.82) is 0 Å². The van der Waals surface area contributed by atoms with Crippen LogP contribution in [-0.4, -0.2) is 29.0 Å². The molecule has 0 aromatic heterocycles. The number of hydrogen-bond acceptors (Lipinski definition) is 3. The van der Waals surface area contributed by atoms with E-state index in [0.717, 1.165) is 12.8 Å². The van der Waals surface area contributed by atoms with E-state index in [1.165, 1.54) is 44.9 Å². The van der Waals surface area contributed by atoms with Crippen molar-refractivity contribution in [2.75, 3.05) is 6.61 Å². The van der Waals surface area contributed by atoms with Gasteiger partial charge in [-0.25, -0.2) is 0 Å². The van der Waals surface area contributed by atoms with Crippen LogP contribution in [0.1, 0.15) is 71.1 Å². The van der Waals surface area contributed by atoms with Gasteiger partial charge < -0.3 is 15.9 Å². The van der Waals surface area contributed by atoms with Gasteiger partial charge in [-0.3, -0.25) is 0 Å². The first-order chi connectivity index (χ1) is 8.22. The summed E-state index contributed by atoms with van der Waals surface area (Å²) in [5.41, 5.74) is 5.71. The highest BCUT2D eigenvalue weighted by Gasteiger charge is 2.13. The average molecular weight is 245 g/mol. The average Bonchev–Trinajstić information content (AvgIpc) is 2.32. The van der Waals surface area contributed by atoms with Gasteiger partial charge in [0.2, 0.25) is 0 Å². The van der Waals surface area contributed by atoms with Gasteiger partial charge in [0.15, 0.2) is 0 Å². The number of aliphatic hydroxyl groups excluding tert-OH is 2. The van der Waals surface area contributed by atoms with E-state index < -0.39 is 6.10 Å². The Labute approximate surface area is 106 Å². The molecule has 0 spiro atoms. The van der Waals surface area contributed by atoms with E-state index in [0.29, 0.717) is 6.42 Å². The van der Waals surface area contributed by atoms with Crippen molar-refractivity contribution in [1.82, 2.24) is 0 Å². The lowest BCUT2D eigenvalue weighted by atomic mass is 10.0. The molecule has 104 valence electrons. The Bertz CT molecular complexity index is 153. The first-order valence-corrected chi connectivity index (χ1v) is 7.26. The molecule has 0 aliphatic carbocycles. The van der Waals surface area contributed by atoms with Crippen molar-refractivity contribution in [3.63, 3.8) is 0 Å². The third kappa shape index (κ3) is 10.7. The Morgan fingerprint density at radius 3 is 1.94 bits per heavy atom. The minimum atomic E-state index is -0.442. The summed E-state index contributed by atoms with van der Waals surface area (Å²) >= 11 is 0. The maximum absolute atomic E-state index is 9.69. The lowest BCUT2D eigenvalue weighted by Gasteiger charge is -2.17. The number of unbranched alkanes of at least 4 members (excludes halogenated alkanes) is 7. The van der Waals surface area contributed by atoms with E-state index in [2.05, 4.69) is 6.92 Å². The molecule has 3 heteroatoms. The second-order valence-electron chi connectivity index (χ2n) is 5.01. The monoisotopic (exact) mass is 245 g/mol. The van der Waals surface area contributed by atoms with Crippen LogP contribution < -0.4 is 5.73 Å². The zero-order valence-corrected chi connectivity index (χ0v) is 11.4. The summed E-state index contributed by atoms with van der Waals surface area (Å²) in [6.07, 6.45) is 11.0. The molecule has 0 aromatic carbocycles. The topological polar surface area (TPSA) is 66.5 Å². The molecule has 0 saturated carbocycles. The fourth-order valence-electron chi connectivity index (χ4n) is 2.04. The predicted octanol–water partition coefficient (Wildman–Crippen LogP) is 2.59. The molecule has 0 aromatic rings. The first-order valence-electron chi connectivity index (χ1n) is 7.26. The molecule has 0 saturated heterocycles.